The van der Waals surface area contributed by atoms with Crippen LogP contribution in [0.2, 0.25) is 0 Å². The summed E-state index contributed by atoms with van der Waals surface area (Å²) in [5, 5.41) is 6.53. The van der Waals surface area contributed by atoms with Crippen LogP contribution in [0, 0.1) is 11.8 Å². The fraction of sp³-hybridized carbons (Fsp3) is 0.941. The van der Waals surface area contributed by atoms with E-state index in [-0.39, 0.29) is 12.1 Å². The average Bonchev–Trinajstić information content (AvgIpc) is 3.18. The van der Waals surface area contributed by atoms with E-state index >= 15 is 0 Å². The predicted octanol–water partition coefficient (Wildman–Crippen LogP) is 3.46. The van der Waals surface area contributed by atoms with Gasteiger partial charge < -0.3 is 15.4 Å². The molecule has 0 aromatic carbocycles. The Kier molecular flexibility index (Phi) is 5.53. The molecule has 2 rings (SSSR count). The molecule has 2 fully saturated rings. The highest BCUT2D eigenvalue weighted by Gasteiger charge is 2.34. The van der Waals surface area contributed by atoms with Crippen molar-refractivity contribution in [1.29, 1.82) is 0 Å². The quantitative estimate of drug-likeness (QED) is 0.817. The van der Waals surface area contributed by atoms with Crippen LogP contribution in [0.5, 0.6) is 0 Å². The molecule has 0 aromatic rings. The average molecular weight is 296 g/mol. The molecule has 122 valence electrons. The molecule has 0 aromatic heterocycles. The lowest BCUT2D eigenvalue weighted by Gasteiger charge is -2.31. The van der Waals surface area contributed by atoms with Crippen molar-refractivity contribution < 1.29 is 9.53 Å². The van der Waals surface area contributed by atoms with Crippen molar-refractivity contribution in [2.45, 2.75) is 83.9 Å². The van der Waals surface area contributed by atoms with Gasteiger partial charge in [0, 0.05) is 18.6 Å². The molecule has 0 aliphatic heterocycles. The minimum atomic E-state index is -0.432. The van der Waals surface area contributed by atoms with Crippen molar-refractivity contribution in [3.05, 3.63) is 0 Å². The Hall–Kier alpha value is -0.770. The van der Waals surface area contributed by atoms with Gasteiger partial charge in [0.1, 0.15) is 5.60 Å². The topological polar surface area (TPSA) is 50.4 Å². The minimum absolute atomic E-state index is 0.0983. The van der Waals surface area contributed by atoms with Gasteiger partial charge in [-0.15, -0.1) is 0 Å². The molecule has 4 nitrogen and oxygen atoms in total. The predicted molar refractivity (Wildman–Crippen MR) is 85.3 cm³/mol. The Labute approximate surface area is 129 Å². The first-order chi connectivity index (χ1) is 9.83. The lowest BCUT2D eigenvalue weighted by Crippen LogP contribution is -2.46. The molecule has 2 saturated carbocycles. The molecular weight excluding hydrogens is 264 g/mol. The van der Waals surface area contributed by atoms with E-state index in [0.29, 0.717) is 6.04 Å². The van der Waals surface area contributed by atoms with E-state index in [1.54, 1.807) is 0 Å². The van der Waals surface area contributed by atoms with Gasteiger partial charge in [-0.25, -0.2) is 4.79 Å². The van der Waals surface area contributed by atoms with E-state index in [1.807, 2.05) is 27.7 Å². The molecule has 21 heavy (non-hydrogen) atoms. The summed E-state index contributed by atoms with van der Waals surface area (Å²) in [4.78, 5) is 11.7. The van der Waals surface area contributed by atoms with Gasteiger partial charge in [-0.2, -0.15) is 0 Å². The molecule has 0 spiro atoms. The minimum Gasteiger partial charge on any atom is -0.444 e. The van der Waals surface area contributed by atoms with Crippen molar-refractivity contribution in [3.63, 3.8) is 0 Å². The molecule has 0 saturated heterocycles. The third-order valence-electron chi connectivity index (χ3n) is 4.48. The first kappa shape index (κ1) is 16.6. The highest BCUT2D eigenvalue weighted by molar-refractivity contribution is 5.68. The number of amides is 1. The Morgan fingerprint density at radius 2 is 1.90 bits per heavy atom. The normalized spacial score (nSPS) is 28.0. The van der Waals surface area contributed by atoms with Gasteiger partial charge in [0.15, 0.2) is 0 Å². The number of carbonyl (C=O) groups is 1. The SMILES string of the molecule is CC(CNC1CCCC(C2CC2)C1)NC(=O)OC(C)(C)C. The summed E-state index contributed by atoms with van der Waals surface area (Å²) in [6.45, 7) is 8.50. The number of alkyl carbamates (subject to hydrolysis) is 1. The van der Waals surface area contributed by atoms with E-state index in [9.17, 15) is 4.79 Å². The summed E-state index contributed by atoms with van der Waals surface area (Å²) < 4.78 is 5.28. The zero-order valence-corrected chi connectivity index (χ0v) is 14.1. The number of ether oxygens (including phenoxy) is 1. The maximum Gasteiger partial charge on any atom is 0.407 e. The Morgan fingerprint density at radius 1 is 1.19 bits per heavy atom. The zero-order valence-electron chi connectivity index (χ0n) is 14.1. The summed E-state index contributed by atoms with van der Waals surface area (Å²) >= 11 is 0. The molecule has 0 bridgehead atoms. The van der Waals surface area contributed by atoms with Crippen molar-refractivity contribution in [3.8, 4) is 0 Å². The summed E-state index contributed by atoms with van der Waals surface area (Å²) in [6.07, 6.45) is 7.96. The van der Waals surface area contributed by atoms with Gasteiger partial charge in [0.25, 0.3) is 0 Å². The van der Waals surface area contributed by atoms with E-state index in [1.165, 1.54) is 38.5 Å². The smallest absolute Gasteiger partial charge is 0.407 e. The molecule has 2 aliphatic rings. The highest BCUT2D eigenvalue weighted by atomic mass is 16.6. The van der Waals surface area contributed by atoms with Crippen LogP contribution in [0.4, 0.5) is 4.79 Å². The number of carbonyl (C=O) groups excluding carboxylic acids is 1. The van der Waals surface area contributed by atoms with Crippen molar-refractivity contribution in [2.24, 2.45) is 11.8 Å². The maximum atomic E-state index is 11.7. The van der Waals surface area contributed by atoms with Gasteiger partial charge in [-0.05, 0) is 65.2 Å². The van der Waals surface area contributed by atoms with Crippen molar-refractivity contribution >= 4 is 6.09 Å². The van der Waals surface area contributed by atoms with Crippen LogP contribution in [0.25, 0.3) is 0 Å². The largest absolute Gasteiger partial charge is 0.444 e. The van der Waals surface area contributed by atoms with E-state index in [0.717, 1.165) is 18.4 Å². The third kappa shape index (κ3) is 6.25. The second-order valence-corrected chi connectivity index (χ2v) is 7.92. The van der Waals surface area contributed by atoms with Crippen LogP contribution in [-0.4, -0.2) is 30.3 Å². The first-order valence-corrected chi connectivity index (χ1v) is 8.56. The van der Waals surface area contributed by atoms with E-state index in [2.05, 4.69) is 10.6 Å². The van der Waals surface area contributed by atoms with Gasteiger partial charge in [-0.3, -0.25) is 0 Å². The Morgan fingerprint density at radius 3 is 2.52 bits per heavy atom. The lowest BCUT2D eigenvalue weighted by molar-refractivity contribution is 0.0507. The molecule has 1 amide bonds. The summed E-state index contributed by atoms with van der Waals surface area (Å²) in [5.74, 6) is 1.97. The second-order valence-electron chi connectivity index (χ2n) is 7.92. The first-order valence-electron chi connectivity index (χ1n) is 8.56. The second kappa shape index (κ2) is 6.99. The van der Waals surface area contributed by atoms with Crippen LogP contribution in [0.3, 0.4) is 0 Å². The van der Waals surface area contributed by atoms with Crippen LogP contribution in [-0.2, 0) is 4.74 Å². The third-order valence-corrected chi connectivity index (χ3v) is 4.48. The zero-order chi connectivity index (χ0) is 15.5. The van der Waals surface area contributed by atoms with Crippen molar-refractivity contribution in [2.75, 3.05) is 6.54 Å². The van der Waals surface area contributed by atoms with Crippen LogP contribution in [0.1, 0.15) is 66.2 Å². The lowest BCUT2D eigenvalue weighted by atomic mass is 9.82. The fourth-order valence-electron chi connectivity index (χ4n) is 3.31. The summed E-state index contributed by atoms with van der Waals surface area (Å²) in [6, 6.07) is 0.730. The molecule has 2 N–H and O–H groups in total. The number of rotatable bonds is 5. The van der Waals surface area contributed by atoms with Gasteiger partial charge >= 0.3 is 6.09 Å². The molecule has 0 heterocycles. The van der Waals surface area contributed by atoms with E-state index < -0.39 is 5.60 Å². The number of hydrogen-bond donors (Lipinski definition) is 2. The molecule has 2 aliphatic carbocycles. The van der Waals surface area contributed by atoms with Crippen LogP contribution < -0.4 is 10.6 Å². The fourth-order valence-corrected chi connectivity index (χ4v) is 3.31. The molecule has 3 atom stereocenters. The van der Waals surface area contributed by atoms with E-state index in [4.69, 9.17) is 4.74 Å². The maximum absolute atomic E-state index is 11.7. The Bertz CT molecular complexity index is 347. The van der Waals surface area contributed by atoms with Crippen LogP contribution in [0.15, 0.2) is 0 Å². The molecule has 4 heteroatoms. The number of nitrogens with one attached hydrogen (secondary N) is 2. The molecular formula is C17H32N2O2. The summed E-state index contributed by atoms with van der Waals surface area (Å²) in [5.41, 5.74) is -0.432. The monoisotopic (exact) mass is 296 g/mol. The summed E-state index contributed by atoms with van der Waals surface area (Å²) in [7, 11) is 0. The Balaban J connectivity index is 1.63. The van der Waals surface area contributed by atoms with Gasteiger partial charge in [-0.1, -0.05) is 12.8 Å². The van der Waals surface area contributed by atoms with Gasteiger partial charge in [0.2, 0.25) is 0 Å². The van der Waals surface area contributed by atoms with Crippen LogP contribution >= 0.6 is 0 Å². The van der Waals surface area contributed by atoms with Crippen molar-refractivity contribution in [1.82, 2.24) is 10.6 Å². The van der Waals surface area contributed by atoms with Gasteiger partial charge in [0.05, 0.1) is 0 Å². The number of hydrogen-bond acceptors (Lipinski definition) is 3. The molecule has 3 unspecified atom stereocenters. The highest BCUT2D eigenvalue weighted by Crippen LogP contribution is 2.43. The molecule has 0 radical (unpaired) electrons. The standard InChI is InChI=1S/C17H32N2O2/c1-12(19-16(20)21-17(2,3)4)11-18-15-7-5-6-14(10-15)13-8-9-13/h12-15,18H,5-11H2,1-4H3,(H,19,20).